The van der Waals surface area contributed by atoms with Gasteiger partial charge in [0.25, 0.3) is 10.0 Å². The maximum atomic E-state index is 12.1. The molecule has 2 aliphatic rings. The van der Waals surface area contributed by atoms with Gasteiger partial charge in [0.05, 0.1) is 11.4 Å². The Morgan fingerprint density at radius 3 is 2.24 bits per heavy atom. The van der Waals surface area contributed by atoms with Gasteiger partial charge < -0.3 is 4.90 Å². The largest absolute Gasteiger partial charge is 0.352 e. The lowest BCUT2D eigenvalue weighted by Crippen LogP contribution is -2.54. The first-order chi connectivity index (χ1) is 9.40. The van der Waals surface area contributed by atoms with Crippen LogP contribution in [-0.2, 0) is 10.0 Å². The van der Waals surface area contributed by atoms with Gasteiger partial charge in [0, 0.05) is 24.2 Å². The monoisotopic (exact) mass is 313 g/mol. The number of sulfonamides is 1. The van der Waals surface area contributed by atoms with E-state index in [1.54, 1.807) is 0 Å². The number of hydrogen-bond acceptors (Lipinski definition) is 4. The second-order valence-electron chi connectivity index (χ2n) is 7.76. The van der Waals surface area contributed by atoms with E-state index in [1.165, 1.54) is 0 Å². The van der Waals surface area contributed by atoms with Gasteiger partial charge in [0.2, 0.25) is 0 Å². The van der Waals surface area contributed by atoms with E-state index in [4.69, 9.17) is 0 Å². The van der Waals surface area contributed by atoms with Crippen molar-refractivity contribution >= 4 is 10.0 Å². The molecular weight excluding hydrogens is 286 g/mol. The van der Waals surface area contributed by atoms with E-state index in [0.29, 0.717) is 5.70 Å². The van der Waals surface area contributed by atoms with Gasteiger partial charge in [-0.2, -0.15) is 0 Å². The van der Waals surface area contributed by atoms with Gasteiger partial charge in [-0.25, -0.2) is 8.42 Å². The van der Waals surface area contributed by atoms with Crippen LogP contribution in [-0.4, -0.2) is 48.3 Å². The zero-order valence-electron chi connectivity index (χ0n) is 13.9. The highest BCUT2D eigenvalue weighted by atomic mass is 32.2. The quantitative estimate of drug-likeness (QED) is 0.742. The van der Waals surface area contributed by atoms with Crippen LogP contribution >= 0.6 is 0 Å². The Bertz CT molecular complexity index is 577. The summed E-state index contributed by atoms with van der Waals surface area (Å²) in [4.78, 5) is 4.35. The molecule has 0 aliphatic carbocycles. The molecule has 0 unspecified atom stereocenters. The van der Waals surface area contributed by atoms with Crippen molar-refractivity contribution in [3.8, 4) is 0 Å². The van der Waals surface area contributed by atoms with Gasteiger partial charge in [-0.15, -0.1) is 0 Å². The molecule has 0 fully saturated rings. The van der Waals surface area contributed by atoms with Crippen molar-refractivity contribution in [1.29, 1.82) is 0 Å². The van der Waals surface area contributed by atoms with E-state index in [2.05, 4.69) is 51.2 Å². The van der Waals surface area contributed by atoms with Crippen LogP contribution in [0.5, 0.6) is 0 Å². The number of rotatable bonds is 0. The molecular formula is C15H27N3O2S. The number of hydrogen-bond donors (Lipinski definition) is 1. The van der Waals surface area contributed by atoms with Gasteiger partial charge in [0.1, 0.15) is 5.88 Å². The second kappa shape index (κ2) is 5.02. The van der Waals surface area contributed by atoms with Gasteiger partial charge in [-0.1, -0.05) is 6.08 Å². The van der Waals surface area contributed by atoms with Crippen molar-refractivity contribution in [1.82, 2.24) is 14.5 Å². The minimum atomic E-state index is -3.31. The van der Waals surface area contributed by atoms with Crippen molar-refractivity contribution in [2.75, 3.05) is 19.0 Å². The van der Waals surface area contributed by atoms with Gasteiger partial charge >= 0.3 is 0 Å². The topological polar surface area (TPSA) is 52.7 Å². The highest BCUT2D eigenvalue weighted by Crippen LogP contribution is 2.30. The summed E-state index contributed by atoms with van der Waals surface area (Å²) < 4.78 is 26.9. The molecule has 0 saturated heterocycles. The summed E-state index contributed by atoms with van der Waals surface area (Å²) in [6.07, 6.45) is 3.93. The van der Waals surface area contributed by atoms with Crippen LogP contribution in [0.4, 0.5) is 0 Å². The minimum Gasteiger partial charge on any atom is -0.352 e. The van der Waals surface area contributed by atoms with Crippen LogP contribution in [0, 0.1) is 0 Å². The fourth-order valence-corrected chi connectivity index (χ4v) is 4.07. The van der Waals surface area contributed by atoms with Gasteiger partial charge in [0.15, 0.2) is 0 Å². The summed E-state index contributed by atoms with van der Waals surface area (Å²) in [5, 5.41) is 0. The third kappa shape index (κ3) is 3.61. The summed E-state index contributed by atoms with van der Waals surface area (Å²) in [7, 11) is -3.31. The summed E-state index contributed by atoms with van der Waals surface area (Å²) >= 11 is 0. The summed E-state index contributed by atoms with van der Waals surface area (Å²) in [6.45, 7) is 14.3. The van der Waals surface area contributed by atoms with Crippen LogP contribution in [0.3, 0.4) is 0 Å². The Morgan fingerprint density at radius 2 is 1.71 bits per heavy atom. The van der Waals surface area contributed by atoms with E-state index in [-0.39, 0.29) is 17.0 Å². The average molecular weight is 313 g/mol. The van der Waals surface area contributed by atoms with Crippen molar-refractivity contribution in [2.24, 2.45) is 0 Å². The SMILES string of the molecule is CC(C)(C)N1CC=CC2=C(C1)N(C(C)(C)C)CS(=O)(=O)N2. The zero-order valence-corrected chi connectivity index (χ0v) is 14.7. The molecule has 5 nitrogen and oxygen atoms in total. The summed E-state index contributed by atoms with van der Waals surface area (Å²) in [5.41, 5.74) is 1.56. The van der Waals surface area contributed by atoms with Crippen LogP contribution in [0.2, 0.25) is 0 Å². The fraction of sp³-hybridized carbons (Fsp3) is 0.733. The molecule has 0 spiro atoms. The molecule has 0 radical (unpaired) electrons. The molecule has 0 aromatic carbocycles. The maximum Gasteiger partial charge on any atom is 0.251 e. The predicted octanol–water partition coefficient (Wildman–Crippen LogP) is 1.86. The van der Waals surface area contributed by atoms with Gasteiger partial charge in [-0.05, 0) is 47.6 Å². The van der Waals surface area contributed by atoms with Crippen LogP contribution in [0.1, 0.15) is 41.5 Å². The second-order valence-corrected chi connectivity index (χ2v) is 9.45. The molecule has 2 heterocycles. The molecule has 2 aliphatic heterocycles. The summed E-state index contributed by atoms with van der Waals surface area (Å²) in [6, 6.07) is 0. The van der Waals surface area contributed by atoms with E-state index in [9.17, 15) is 8.42 Å². The number of allylic oxidation sites excluding steroid dienone is 1. The molecule has 0 saturated carbocycles. The van der Waals surface area contributed by atoms with Crippen LogP contribution in [0.15, 0.2) is 23.5 Å². The van der Waals surface area contributed by atoms with Crippen molar-refractivity contribution < 1.29 is 8.42 Å². The standard InChI is InChI=1S/C15H27N3O2S/c1-14(2,3)17-9-7-8-12-13(10-17)18(15(4,5)6)11-21(19,20)16-12/h7-8,16H,9-11H2,1-6H3. The Balaban J connectivity index is 2.48. The smallest absolute Gasteiger partial charge is 0.251 e. The van der Waals surface area contributed by atoms with Crippen molar-refractivity contribution in [3.05, 3.63) is 23.5 Å². The third-order valence-electron chi connectivity index (χ3n) is 3.91. The highest BCUT2D eigenvalue weighted by Gasteiger charge is 2.37. The first kappa shape index (κ1) is 16.4. The molecule has 2 rings (SSSR count). The zero-order chi connectivity index (χ0) is 16.1. The Kier molecular flexibility index (Phi) is 3.91. The first-order valence-electron chi connectivity index (χ1n) is 7.33. The van der Waals surface area contributed by atoms with E-state index in [1.807, 2.05) is 17.1 Å². The normalized spacial score (nSPS) is 23.6. The molecule has 0 amide bonds. The van der Waals surface area contributed by atoms with Gasteiger partial charge in [-0.3, -0.25) is 9.62 Å². The van der Waals surface area contributed by atoms with Crippen molar-refractivity contribution in [2.45, 2.75) is 52.6 Å². The fourth-order valence-electron chi connectivity index (χ4n) is 2.61. The Morgan fingerprint density at radius 1 is 1.10 bits per heavy atom. The highest BCUT2D eigenvalue weighted by molar-refractivity contribution is 7.89. The molecule has 0 aromatic heterocycles. The lowest BCUT2D eigenvalue weighted by Gasteiger charge is -2.45. The van der Waals surface area contributed by atoms with E-state index < -0.39 is 10.0 Å². The molecule has 6 heteroatoms. The molecule has 0 atom stereocenters. The van der Waals surface area contributed by atoms with E-state index in [0.717, 1.165) is 18.8 Å². The predicted molar refractivity (Wildman–Crippen MR) is 86.0 cm³/mol. The minimum absolute atomic E-state index is 0.0150. The maximum absolute atomic E-state index is 12.1. The Hall–Kier alpha value is -1.01. The average Bonchev–Trinajstić information content (AvgIpc) is 2.46. The lowest BCUT2D eigenvalue weighted by molar-refractivity contribution is 0.131. The third-order valence-corrected chi connectivity index (χ3v) is 5.04. The van der Waals surface area contributed by atoms with Crippen LogP contribution < -0.4 is 4.72 Å². The molecule has 0 aromatic rings. The number of nitrogens with one attached hydrogen (secondary N) is 1. The molecule has 21 heavy (non-hydrogen) atoms. The summed E-state index contributed by atoms with van der Waals surface area (Å²) in [5.74, 6) is 0.0150. The van der Waals surface area contributed by atoms with E-state index >= 15 is 0 Å². The first-order valence-corrected chi connectivity index (χ1v) is 8.98. The van der Waals surface area contributed by atoms with Crippen molar-refractivity contribution in [3.63, 3.8) is 0 Å². The Labute approximate surface area is 128 Å². The molecule has 1 N–H and O–H groups in total. The lowest BCUT2D eigenvalue weighted by atomic mass is 10.0. The van der Waals surface area contributed by atoms with Crippen LogP contribution in [0.25, 0.3) is 0 Å². The molecule has 120 valence electrons. The molecule has 0 bridgehead atoms. The number of nitrogens with zero attached hydrogens (tertiary/aromatic N) is 2.